The zero-order chi connectivity index (χ0) is 39.4. The quantitative estimate of drug-likeness (QED) is 0.142. The van der Waals surface area contributed by atoms with Crippen LogP contribution in [-0.4, -0.2) is 0 Å². The lowest BCUT2D eigenvalue weighted by Gasteiger charge is -2.27. The van der Waals surface area contributed by atoms with Gasteiger partial charge in [-0.1, -0.05) is 206 Å². The number of hydrogen-bond donors (Lipinski definition) is 0. The molecule has 0 aliphatic heterocycles. The third-order valence-electron chi connectivity index (χ3n) is 11.3. The molecule has 1 heteroatoms. The smallest absolute Gasteiger partial charge is 0.0468 e. The van der Waals surface area contributed by atoms with Crippen molar-refractivity contribution in [2.45, 2.75) is 0 Å². The molecule has 0 heterocycles. The van der Waals surface area contributed by atoms with Crippen LogP contribution in [0.4, 0.5) is 17.1 Å². The summed E-state index contributed by atoms with van der Waals surface area (Å²) in [5.74, 6) is 0. The molecular weight excluding hydrogens is 711 g/mol. The van der Waals surface area contributed by atoms with Crippen molar-refractivity contribution in [2.24, 2.45) is 0 Å². The van der Waals surface area contributed by atoms with E-state index in [1.165, 1.54) is 72.0 Å². The Bertz CT molecular complexity index is 2980. The standard InChI is InChI=1S/C58H41N/c1-4-14-42(15-5-1)45-26-28-49(29-27-45)58-41-54(38-39-57(58)51-23-12-22-50(40-51)44-18-8-3-9-19-44)59(52-34-30-46(31-35-52)43-16-6-2-7-17-43)53-36-32-48(33-37-53)56-25-13-21-47-20-10-11-24-55(47)56/h1-41H. The molecule has 0 saturated heterocycles. The van der Waals surface area contributed by atoms with Crippen molar-refractivity contribution in [3.8, 4) is 66.8 Å². The second kappa shape index (κ2) is 16.0. The first-order valence-electron chi connectivity index (χ1n) is 20.2. The third-order valence-corrected chi connectivity index (χ3v) is 11.3. The minimum atomic E-state index is 1.08. The summed E-state index contributed by atoms with van der Waals surface area (Å²) in [4.78, 5) is 2.38. The molecule has 0 saturated carbocycles. The first kappa shape index (κ1) is 35.7. The van der Waals surface area contributed by atoms with Gasteiger partial charge in [-0.3, -0.25) is 0 Å². The predicted octanol–water partition coefficient (Wildman–Crippen LogP) is 16.3. The van der Waals surface area contributed by atoms with Crippen molar-refractivity contribution in [3.63, 3.8) is 0 Å². The summed E-state index contributed by atoms with van der Waals surface area (Å²) in [5.41, 5.74) is 17.6. The van der Waals surface area contributed by atoms with Gasteiger partial charge < -0.3 is 4.90 Å². The highest BCUT2D eigenvalue weighted by Gasteiger charge is 2.18. The number of benzene rings is 10. The van der Waals surface area contributed by atoms with Crippen molar-refractivity contribution in [1.82, 2.24) is 0 Å². The molecule has 278 valence electrons. The van der Waals surface area contributed by atoms with Crippen molar-refractivity contribution < 1.29 is 0 Å². The zero-order valence-electron chi connectivity index (χ0n) is 32.6. The average molecular weight is 752 g/mol. The molecule has 0 atom stereocenters. The van der Waals surface area contributed by atoms with Gasteiger partial charge in [0.2, 0.25) is 0 Å². The Morgan fingerprint density at radius 1 is 0.203 bits per heavy atom. The molecule has 0 bridgehead atoms. The van der Waals surface area contributed by atoms with Gasteiger partial charge in [-0.25, -0.2) is 0 Å². The highest BCUT2D eigenvalue weighted by atomic mass is 15.1. The molecule has 0 aliphatic carbocycles. The summed E-state index contributed by atoms with van der Waals surface area (Å²) in [6.07, 6.45) is 0. The van der Waals surface area contributed by atoms with E-state index in [-0.39, 0.29) is 0 Å². The Hall–Kier alpha value is -7.74. The lowest BCUT2D eigenvalue weighted by atomic mass is 9.91. The van der Waals surface area contributed by atoms with E-state index >= 15 is 0 Å². The van der Waals surface area contributed by atoms with Gasteiger partial charge >= 0.3 is 0 Å². The van der Waals surface area contributed by atoms with Gasteiger partial charge in [0.25, 0.3) is 0 Å². The summed E-state index contributed by atoms with van der Waals surface area (Å²) < 4.78 is 0. The molecule has 0 amide bonds. The van der Waals surface area contributed by atoms with Gasteiger partial charge in [-0.15, -0.1) is 0 Å². The Labute approximate surface area is 346 Å². The van der Waals surface area contributed by atoms with Crippen LogP contribution in [0.3, 0.4) is 0 Å². The summed E-state index contributed by atoms with van der Waals surface area (Å²) >= 11 is 0. The van der Waals surface area contributed by atoms with Crippen molar-refractivity contribution in [1.29, 1.82) is 0 Å². The van der Waals surface area contributed by atoms with Crippen LogP contribution in [0.5, 0.6) is 0 Å². The molecule has 10 rings (SSSR count). The number of nitrogens with zero attached hydrogens (tertiary/aromatic N) is 1. The number of rotatable bonds is 9. The minimum absolute atomic E-state index is 1.08. The van der Waals surface area contributed by atoms with Crippen LogP contribution < -0.4 is 4.90 Å². The molecule has 0 aromatic heterocycles. The molecule has 10 aromatic rings. The molecule has 0 N–H and O–H groups in total. The number of fused-ring (bicyclic) bond motifs is 1. The Balaban J connectivity index is 1.12. The second-order valence-electron chi connectivity index (χ2n) is 14.9. The highest BCUT2D eigenvalue weighted by molar-refractivity contribution is 5.97. The van der Waals surface area contributed by atoms with E-state index in [1.54, 1.807) is 0 Å². The van der Waals surface area contributed by atoms with Crippen molar-refractivity contribution in [2.75, 3.05) is 4.90 Å². The van der Waals surface area contributed by atoms with E-state index in [9.17, 15) is 0 Å². The number of hydrogen-bond acceptors (Lipinski definition) is 1. The van der Waals surface area contributed by atoms with Crippen LogP contribution in [-0.2, 0) is 0 Å². The van der Waals surface area contributed by atoms with E-state index < -0.39 is 0 Å². The average Bonchev–Trinajstić information content (AvgIpc) is 3.33. The van der Waals surface area contributed by atoms with Gasteiger partial charge in [-0.05, 0) is 120 Å². The monoisotopic (exact) mass is 751 g/mol. The Morgan fingerprint density at radius 2 is 0.610 bits per heavy atom. The minimum Gasteiger partial charge on any atom is -0.310 e. The van der Waals surface area contributed by atoms with Gasteiger partial charge in [0.15, 0.2) is 0 Å². The van der Waals surface area contributed by atoms with E-state index in [2.05, 4.69) is 254 Å². The molecule has 0 spiro atoms. The Morgan fingerprint density at radius 3 is 1.24 bits per heavy atom. The first-order chi connectivity index (χ1) is 29.2. The zero-order valence-corrected chi connectivity index (χ0v) is 32.6. The van der Waals surface area contributed by atoms with E-state index in [4.69, 9.17) is 0 Å². The SMILES string of the molecule is c1ccc(-c2ccc(-c3cc(N(c4ccc(-c5ccccc5)cc4)c4ccc(-c5cccc6ccccc56)cc4)ccc3-c3cccc(-c4ccccc4)c3)cc2)cc1. The summed E-state index contributed by atoms with van der Waals surface area (Å²) in [6, 6.07) is 89.9. The normalized spacial score (nSPS) is 11.1. The van der Waals surface area contributed by atoms with Crippen LogP contribution in [0.2, 0.25) is 0 Å². The molecule has 59 heavy (non-hydrogen) atoms. The first-order valence-corrected chi connectivity index (χ1v) is 20.2. The summed E-state index contributed by atoms with van der Waals surface area (Å²) in [7, 11) is 0. The van der Waals surface area contributed by atoms with Crippen LogP contribution >= 0.6 is 0 Å². The van der Waals surface area contributed by atoms with E-state index in [0.717, 1.165) is 22.6 Å². The summed E-state index contributed by atoms with van der Waals surface area (Å²) in [6.45, 7) is 0. The molecule has 0 fully saturated rings. The third kappa shape index (κ3) is 7.34. The fourth-order valence-electron chi connectivity index (χ4n) is 8.28. The molecule has 0 unspecified atom stereocenters. The van der Waals surface area contributed by atoms with Crippen LogP contribution in [0.15, 0.2) is 249 Å². The largest absolute Gasteiger partial charge is 0.310 e. The van der Waals surface area contributed by atoms with Crippen molar-refractivity contribution in [3.05, 3.63) is 249 Å². The second-order valence-corrected chi connectivity index (χ2v) is 14.9. The fourth-order valence-corrected chi connectivity index (χ4v) is 8.28. The topological polar surface area (TPSA) is 3.24 Å². The maximum atomic E-state index is 2.38. The van der Waals surface area contributed by atoms with Gasteiger partial charge in [0.05, 0.1) is 0 Å². The fraction of sp³-hybridized carbons (Fsp3) is 0. The lowest BCUT2D eigenvalue weighted by Crippen LogP contribution is -2.10. The highest BCUT2D eigenvalue weighted by Crippen LogP contribution is 2.43. The van der Waals surface area contributed by atoms with E-state index in [1.807, 2.05) is 0 Å². The predicted molar refractivity (Wildman–Crippen MR) is 251 cm³/mol. The maximum Gasteiger partial charge on any atom is 0.0468 e. The van der Waals surface area contributed by atoms with Gasteiger partial charge in [-0.2, -0.15) is 0 Å². The molecule has 10 aromatic carbocycles. The maximum absolute atomic E-state index is 2.38. The van der Waals surface area contributed by atoms with Crippen molar-refractivity contribution >= 4 is 27.8 Å². The lowest BCUT2D eigenvalue weighted by molar-refractivity contribution is 1.28. The van der Waals surface area contributed by atoms with Gasteiger partial charge in [0, 0.05) is 17.1 Å². The van der Waals surface area contributed by atoms with E-state index in [0.29, 0.717) is 0 Å². The Kier molecular flexibility index (Phi) is 9.68. The molecular formula is C58H41N. The molecule has 0 aliphatic rings. The van der Waals surface area contributed by atoms with Crippen LogP contribution in [0.25, 0.3) is 77.5 Å². The number of anilines is 3. The molecule has 1 nitrogen and oxygen atoms in total. The van der Waals surface area contributed by atoms with Gasteiger partial charge in [0.1, 0.15) is 0 Å². The van der Waals surface area contributed by atoms with Crippen LogP contribution in [0.1, 0.15) is 0 Å². The summed E-state index contributed by atoms with van der Waals surface area (Å²) in [5, 5.41) is 2.50. The van der Waals surface area contributed by atoms with Crippen LogP contribution in [0, 0.1) is 0 Å². The molecule has 0 radical (unpaired) electrons.